The molecule has 1 unspecified atom stereocenters. The van der Waals surface area contributed by atoms with E-state index in [0.29, 0.717) is 6.42 Å². The molecule has 7 nitrogen and oxygen atoms in total. The highest BCUT2D eigenvalue weighted by atomic mass is 19.3. The lowest BCUT2D eigenvalue weighted by Gasteiger charge is -2.22. The molecule has 4 rings (SSSR count). The van der Waals surface area contributed by atoms with E-state index in [2.05, 4.69) is 17.4 Å². The van der Waals surface area contributed by atoms with Gasteiger partial charge in [-0.25, -0.2) is 18.4 Å². The fourth-order valence-electron chi connectivity index (χ4n) is 4.89. The van der Waals surface area contributed by atoms with E-state index in [-0.39, 0.29) is 31.4 Å². The number of carboxylic acid groups (broad SMARTS) is 1. The molecule has 2 aromatic carbocycles. The van der Waals surface area contributed by atoms with E-state index in [1.807, 2.05) is 36.4 Å². The summed E-state index contributed by atoms with van der Waals surface area (Å²) < 4.78 is 32.7. The Morgan fingerprint density at radius 2 is 1.71 bits per heavy atom. The first-order chi connectivity index (χ1) is 16.7. The van der Waals surface area contributed by atoms with Crippen LogP contribution in [0.25, 0.3) is 11.1 Å². The summed E-state index contributed by atoms with van der Waals surface area (Å²) in [4.78, 5) is 36.7. The van der Waals surface area contributed by atoms with Crippen LogP contribution in [-0.4, -0.2) is 59.6 Å². The fraction of sp³-hybridized carbons (Fsp3) is 0.423. The Kier molecular flexibility index (Phi) is 7.05. The minimum Gasteiger partial charge on any atom is -0.480 e. The second kappa shape index (κ2) is 10.0. The third-order valence-corrected chi connectivity index (χ3v) is 6.65. The minimum atomic E-state index is -3.20. The highest BCUT2D eigenvalue weighted by molar-refractivity contribution is 5.84. The molecule has 1 aliphatic carbocycles. The predicted molar refractivity (Wildman–Crippen MR) is 124 cm³/mol. The molecule has 35 heavy (non-hydrogen) atoms. The lowest BCUT2D eigenvalue weighted by Crippen LogP contribution is -2.41. The average molecular weight is 487 g/mol. The van der Waals surface area contributed by atoms with Crippen LogP contribution in [0.2, 0.25) is 0 Å². The quantitative estimate of drug-likeness (QED) is 0.581. The summed E-state index contributed by atoms with van der Waals surface area (Å²) in [6, 6.07) is 14.5. The van der Waals surface area contributed by atoms with Gasteiger partial charge in [-0.15, -0.1) is 0 Å². The zero-order chi connectivity index (χ0) is 25.2. The van der Waals surface area contributed by atoms with Gasteiger partial charge in [-0.05, 0) is 34.6 Å². The molecule has 2 aliphatic rings. The van der Waals surface area contributed by atoms with E-state index in [1.165, 1.54) is 0 Å². The van der Waals surface area contributed by atoms with Crippen molar-refractivity contribution in [3.8, 4) is 11.1 Å². The number of nitrogens with one attached hydrogen (secondary N) is 1. The number of carbonyl (C=O) groups is 3. The van der Waals surface area contributed by atoms with Gasteiger partial charge in [-0.1, -0.05) is 55.5 Å². The number of carboxylic acids is 1. The summed E-state index contributed by atoms with van der Waals surface area (Å²) in [5, 5.41) is 11.8. The Morgan fingerprint density at radius 1 is 1.11 bits per heavy atom. The third kappa shape index (κ3) is 5.44. The number of carbonyl (C=O) groups excluding carboxylic acids is 2. The molecular weight excluding hydrogens is 458 g/mol. The summed E-state index contributed by atoms with van der Waals surface area (Å²) in [6.45, 7) is 1.30. The van der Waals surface area contributed by atoms with Gasteiger partial charge >= 0.3 is 12.1 Å². The second-order valence-corrected chi connectivity index (χ2v) is 9.29. The number of hydrogen-bond donors (Lipinski definition) is 2. The van der Waals surface area contributed by atoms with Gasteiger partial charge in [0.15, 0.2) is 0 Å². The second-order valence-electron chi connectivity index (χ2n) is 9.29. The number of aliphatic carboxylic acids is 1. The van der Waals surface area contributed by atoms with E-state index in [0.717, 1.165) is 27.2 Å². The van der Waals surface area contributed by atoms with Gasteiger partial charge in [0.2, 0.25) is 5.91 Å². The number of benzene rings is 2. The first-order valence-electron chi connectivity index (χ1n) is 11.7. The van der Waals surface area contributed by atoms with Gasteiger partial charge in [0.25, 0.3) is 5.92 Å². The number of rotatable bonds is 8. The first kappa shape index (κ1) is 24.6. The largest absolute Gasteiger partial charge is 0.480 e. The summed E-state index contributed by atoms with van der Waals surface area (Å²) in [5.74, 6) is -5.54. The Hall–Kier alpha value is -3.49. The van der Waals surface area contributed by atoms with E-state index < -0.39 is 42.9 Å². The van der Waals surface area contributed by atoms with Crippen LogP contribution in [0.15, 0.2) is 48.5 Å². The third-order valence-electron chi connectivity index (χ3n) is 6.65. The van der Waals surface area contributed by atoms with Crippen molar-refractivity contribution < 1.29 is 33.0 Å². The highest BCUT2D eigenvalue weighted by Gasteiger charge is 2.50. The standard InChI is InChI=1S/C26H28F2N2O5/c1-16(12-23(31)30-15-26(27,28)13-22(30)24(32)33)10-11-29-25(34)35-14-21-19-8-4-2-6-17(19)18-7-3-5-9-20(18)21/h2-9,16,21-22H,10-15H2,1H3,(H,29,34)(H,32,33)/t16?,22-/m0/s1. The number of likely N-dealkylation sites (tertiary alicyclic amines) is 1. The normalized spacial score (nSPS) is 19.1. The van der Waals surface area contributed by atoms with Crippen LogP contribution in [0.4, 0.5) is 13.6 Å². The molecule has 0 saturated carbocycles. The van der Waals surface area contributed by atoms with Crippen LogP contribution in [-0.2, 0) is 14.3 Å². The number of alkyl carbamates (subject to hydrolysis) is 1. The molecule has 2 N–H and O–H groups in total. The van der Waals surface area contributed by atoms with Crippen molar-refractivity contribution in [2.45, 2.75) is 44.1 Å². The van der Waals surface area contributed by atoms with Gasteiger partial charge in [0.05, 0.1) is 6.54 Å². The number of ether oxygens (including phenoxy) is 1. The summed E-state index contributed by atoms with van der Waals surface area (Å²) in [7, 11) is 0. The van der Waals surface area contributed by atoms with Crippen LogP contribution < -0.4 is 5.32 Å². The summed E-state index contributed by atoms with van der Waals surface area (Å²) in [5.41, 5.74) is 4.49. The molecule has 0 aromatic heterocycles. The van der Waals surface area contributed by atoms with Crippen molar-refractivity contribution >= 4 is 18.0 Å². The molecule has 0 radical (unpaired) electrons. The smallest absolute Gasteiger partial charge is 0.407 e. The molecule has 9 heteroatoms. The van der Waals surface area contributed by atoms with E-state index >= 15 is 0 Å². The molecule has 1 saturated heterocycles. The zero-order valence-electron chi connectivity index (χ0n) is 19.4. The van der Waals surface area contributed by atoms with Gasteiger partial charge < -0.3 is 20.1 Å². The maximum atomic E-state index is 13.6. The number of nitrogens with zero attached hydrogens (tertiary/aromatic N) is 1. The molecule has 0 spiro atoms. The molecule has 0 bridgehead atoms. The fourth-order valence-corrected chi connectivity index (χ4v) is 4.89. The Bertz CT molecular complexity index is 1080. The molecule has 1 heterocycles. The molecule has 1 aliphatic heterocycles. The van der Waals surface area contributed by atoms with E-state index in [9.17, 15) is 23.2 Å². The van der Waals surface area contributed by atoms with Crippen molar-refractivity contribution in [2.75, 3.05) is 19.7 Å². The minimum absolute atomic E-state index is 0.0505. The molecule has 1 fully saturated rings. The number of alkyl halides is 2. The number of amides is 2. The van der Waals surface area contributed by atoms with Gasteiger partial charge in [-0.2, -0.15) is 0 Å². The SMILES string of the molecule is CC(CCNC(=O)OCC1c2ccccc2-c2ccccc21)CC(=O)N1CC(F)(F)C[C@H]1C(=O)O. The first-order valence-corrected chi connectivity index (χ1v) is 11.7. The van der Waals surface area contributed by atoms with E-state index in [1.54, 1.807) is 6.92 Å². The molecule has 186 valence electrons. The van der Waals surface area contributed by atoms with Crippen LogP contribution >= 0.6 is 0 Å². The van der Waals surface area contributed by atoms with Gasteiger partial charge in [0.1, 0.15) is 12.6 Å². The molecule has 2 aromatic rings. The molecule has 2 atom stereocenters. The van der Waals surface area contributed by atoms with Gasteiger partial charge in [-0.3, -0.25) is 4.79 Å². The Labute approximate surface area is 202 Å². The molecular formula is C26H28F2N2O5. The number of halogens is 2. The maximum absolute atomic E-state index is 13.6. The Balaban J connectivity index is 1.23. The zero-order valence-corrected chi connectivity index (χ0v) is 19.4. The van der Waals surface area contributed by atoms with Crippen LogP contribution in [0.3, 0.4) is 0 Å². The van der Waals surface area contributed by atoms with Crippen molar-refractivity contribution in [1.82, 2.24) is 10.2 Å². The average Bonchev–Trinajstić information content (AvgIpc) is 3.32. The molecule has 2 amide bonds. The van der Waals surface area contributed by atoms with Crippen LogP contribution in [0.1, 0.15) is 43.2 Å². The predicted octanol–water partition coefficient (Wildman–Crippen LogP) is 4.26. The van der Waals surface area contributed by atoms with E-state index in [4.69, 9.17) is 9.84 Å². The Morgan fingerprint density at radius 3 is 2.31 bits per heavy atom. The monoisotopic (exact) mass is 486 g/mol. The topological polar surface area (TPSA) is 95.9 Å². The van der Waals surface area contributed by atoms with Crippen molar-refractivity contribution in [1.29, 1.82) is 0 Å². The lowest BCUT2D eigenvalue weighted by atomic mass is 9.98. The maximum Gasteiger partial charge on any atom is 0.407 e. The lowest BCUT2D eigenvalue weighted by molar-refractivity contribution is -0.148. The van der Waals surface area contributed by atoms with Crippen molar-refractivity contribution in [2.24, 2.45) is 5.92 Å². The summed E-state index contributed by atoms with van der Waals surface area (Å²) >= 11 is 0. The van der Waals surface area contributed by atoms with Crippen molar-refractivity contribution in [3.05, 3.63) is 59.7 Å². The van der Waals surface area contributed by atoms with Crippen LogP contribution in [0, 0.1) is 5.92 Å². The number of hydrogen-bond acceptors (Lipinski definition) is 4. The number of fused-ring (bicyclic) bond motifs is 3. The van der Waals surface area contributed by atoms with Crippen LogP contribution in [0.5, 0.6) is 0 Å². The highest BCUT2D eigenvalue weighted by Crippen LogP contribution is 2.44. The van der Waals surface area contributed by atoms with Gasteiger partial charge in [0, 0.05) is 25.3 Å². The summed E-state index contributed by atoms with van der Waals surface area (Å²) in [6.07, 6.45) is -1.11. The van der Waals surface area contributed by atoms with Crippen molar-refractivity contribution in [3.63, 3.8) is 0 Å².